The fourth-order valence-electron chi connectivity index (χ4n) is 3.52. The summed E-state index contributed by atoms with van der Waals surface area (Å²) in [6.45, 7) is 2.51. The summed E-state index contributed by atoms with van der Waals surface area (Å²) in [4.78, 5) is 15.7. The summed E-state index contributed by atoms with van der Waals surface area (Å²) < 4.78 is 19.2. The Morgan fingerprint density at radius 1 is 1.03 bits per heavy atom. The van der Waals surface area contributed by atoms with Crippen LogP contribution in [-0.4, -0.2) is 30.8 Å². The summed E-state index contributed by atoms with van der Waals surface area (Å²) >= 11 is 0. The minimum atomic E-state index is -1.34. The lowest BCUT2D eigenvalue weighted by Gasteiger charge is -2.11. The molecule has 3 aromatic carbocycles. The number of fused-ring (bicyclic) bond motifs is 1. The number of ether oxygens (including phenoxy) is 1. The number of imidazole rings is 1. The van der Waals surface area contributed by atoms with Crippen molar-refractivity contribution in [3.05, 3.63) is 84.2 Å². The van der Waals surface area contributed by atoms with E-state index in [4.69, 9.17) is 14.8 Å². The van der Waals surface area contributed by atoms with Crippen LogP contribution in [0.25, 0.3) is 22.2 Å². The summed E-state index contributed by atoms with van der Waals surface area (Å²) in [7, 11) is -0.954. The molecule has 0 amide bonds. The van der Waals surface area contributed by atoms with E-state index in [1.165, 1.54) is 0 Å². The number of carboxylic acid groups (broad SMARTS) is 1. The average molecular weight is 435 g/mol. The summed E-state index contributed by atoms with van der Waals surface area (Å²) in [6.07, 6.45) is -1.34. The van der Waals surface area contributed by atoms with Crippen LogP contribution in [0.2, 0.25) is 0 Å². The molecule has 1 aromatic heterocycles. The third-order valence-corrected chi connectivity index (χ3v) is 6.26. The summed E-state index contributed by atoms with van der Waals surface area (Å²) in [5.41, 5.74) is 4.54. The van der Waals surface area contributed by atoms with Gasteiger partial charge in [-0.3, -0.25) is 4.21 Å². The van der Waals surface area contributed by atoms with Gasteiger partial charge in [0.25, 0.3) is 0 Å². The van der Waals surface area contributed by atoms with Crippen LogP contribution in [0.5, 0.6) is 5.75 Å². The topological polar surface area (TPSA) is 81.4 Å². The number of aromatic nitrogens is 2. The fourth-order valence-corrected chi connectivity index (χ4v) is 4.23. The zero-order valence-corrected chi connectivity index (χ0v) is 17.8. The number of hydrogen-bond acceptors (Lipinski definition) is 4. The Kier molecular flexibility index (Phi) is 6.13. The molecule has 0 spiro atoms. The molecule has 158 valence electrons. The highest BCUT2D eigenvalue weighted by Crippen LogP contribution is 2.30. The maximum atomic E-state index is 12.2. The Labute approximate surface area is 182 Å². The third kappa shape index (κ3) is 4.67. The second-order valence-corrected chi connectivity index (χ2v) is 8.78. The van der Waals surface area contributed by atoms with Crippen molar-refractivity contribution in [1.82, 2.24) is 9.55 Å². The molecule has 1 unspecified atom stereocenters. The molecule has 1 N–H and O–H groups in total. The van der Waals surface area contributed by atoms with Crippen molar-refractivity contribution in [1.29, 1.82) is 0 Å². The summed E-state index contributed by atoms with van der Waals surface area (Å²) in [5.74, 6) is 2.12. The van der Waals surface area contributed by atoms with Gasteiger partial charge >= 0.3 is 6.16 Å². The minimum absolute atomic E-state index is 0.299. The van der Waals surface area contributed by atoms with Crippen molar-refractivity contribution in [3.8, 4) is 16.9 Å². The molecule has 0 fully saturated rings. The molecule has 0 saturated heterocycles. The van der Waals surface area contributed by atoms with Crippen molar-refractivity contribution in [2.45, 2.75) is 19.2 Å². The SMILES string of the molecule is CCS(=O)Cc1nc2ccccc2n1Cc1ccc(-c2ccccc2OC(=O)O)cc1. The molecule has 0 radical (unpaired) electrons. The fraction of sp³-hybridized carbons (Fsp3) is 0.167. The van der Waals surface area contributed by atoms with Gasteiger partial charge in [0.05, 0.1) is 16.8 Å². The number of nitrogens with zero attached hydrogens (tertiary/aromatic N) is 2. The normalized spacial score (nSPS) is 12.0. The maximum Gasteiger partial charge on any atom is 0.511 e. The number of carbonyl (C=O) groups is 1. The molecule has 0 bridgehead atoms. The first kappa shape index (κ1) is 20.8. The van der Waals surface area contributed by atoms with Crippen LogP contribution in [0.1, 0.15) is 18.3 Å². The van der Waals surface area contributed by atoms with Gasteiger partial charge < -0.3 is 14.4 Å². The number of para-hydroxylation sites is 3. The van der Waals surface area contributed by atoms with Gasteiger partial charge in [0.2, 0.25) is 0 Å². The lowest BCUT2D eigenvalue weighted by Crippen LogP contribution is -2.09. The number of hydrogen-bond donors (Lipinski definition) is 1. The van der Waals surface area contributed by atoms with Crippen LogP contribution < -0.4 is 4.74 Å². The Hall–Kier alpha value is -3.45. The molecule has 0 saturated carbocycles. The van der Waals surface area contributed by atoms with Gasteiger partial charge in [0.1, 0.15) is 11.6 Å². The molecule has 7 heteroatoms. The molecule has 4 aromatic rings. The number of benzene rings is 3. The Balaban J connectivity index is 1.65. The second-order valence-electron chi connectivity index (χ2n) is 7.04. The van der Waals surface area contributed by atoms with Crippen molar-refractivity contribution in [2.24, 2.45) is 0 Å². The number of rotatable bonds is 7. The molecule has 0 aliphatic heterocycles. The quantitative estimate of drug-likeness (QED) is 0.324. The van der Waals surface area contributed by atoms with Crippen LogP contribution >= 0.6 is 0 Å². The van der Waals surface area contributed by atoms with Crippen LogP contribution in [-0.2, 0) is 23.1 Å². The molecule has 0 aliphatic rings. The third-order valence-electron chi connectivity index (χ3n) is 5.04. The molecular formula is C24H22N2O4S. The van der Waals surface area contributed by atoms with Crippen molar-refractivity contribution in [3.63, 3.8) is 0 Å². The monoisotopic (exact) mass is 434 g/mol. The molecule has 4 rings (SSSR count). The smallest absolute Gasteiger partial charge is 0.449 e. The van der Waals surface area contributed by atoms with Gasteiger partial charge in [0.15, 0.2) is 0 Å². The largest absolute Gasteiger partial charge is 0.511 e. The average Bonchev–Trinajstić information content (AvgIpc) is 3.11. The lowest BCUT2D eigenvalue weighted by molar-refractivity contribution is 0.144. The van der Waals surface area contributed by atoms with Gasteiger partial charge in [-0.15, -0.1) is 0 Å². The van der Waals surface area contributed by atoms with E-state index in [0.29, 0.717) is 29.4 Å². The Bertz CT molecular complexity index is 1250. The van der Waals surface area contributed by atoms with Gasteiger partial charge in [-0.2, -0.15) is 0 Å². The maximum absolute atomic E-state index is 12.2. The van der Waals surface area contributed by atoms with Gasteiger partial charge in [-0.25, -0.2) is 9.78 Å². The van der Waals surface area contributed by atoms with E-state index in [1.807, 2.05) is 67.6 Å². The first-order chi connectivity index (χ1) is 15.0. The van der Waals surface area contributed by atoms with E-state index < -0.39 is 17.0 Å². The van der Waals surface area contributed by atoms with E-state index in [-0.39, 0.29) is 0 Å². The van der Waals surface area contributed by atoms with Crippen LogP contribution in [0, 0.1) is 0 Å². The van der Waals surface area contributed by atoms with E-state index in [1.54, 1.807) is 12.1 Å². The Morgan fingerprint density at radius 3 is 2.48 bits per heavy atom. The Morgan fingerprint density at radius 2 is 1.74 bits per heavy atom. The zero-order valence-electron chi connectivity index (χ0n) is 17.0. The van der Waals surface area contributed by atoms with Crippen LogP contribution in [0.3, 0.4) is 0 Å². The van der Waals surface area contributed by atoms with E-state index in [0.717, 1.165) is 28.0 Å². The minimum Gasteiger partial charge on any atom is -0.449 e. The first-order valence-electron chi connectivity index (χ1n) is 9.93. The zero-order chi connectivity index (χ0) is 21.8. The highest BCUT2D eigenvalue weighted by molar-refractivity contribution is 7.84. The molecule has 1 atom stereocenters. The predicted octanol–water partition coefficient (Wildman–Crippen LogP) is 5.08. The van der Waals surface area contributed by atoms with Crippen molar-refractivity contribution in [2.75, 3.05) is 5.75 Å². The van der Waals surface area contributed by atoms with E-state index >= 15 is 0 Å². The van der Waals surface area contributed by atoms with Crippen molar-refractivity contribution >= 4 is 28.0 Å². The molecule has 6 nitrogen and oxygen atoms in total. The lowest BCUT2D eigenvalue weighted by atomic mass is 10.0. The highest BCUT2D eigenvalue weighted by atomic mass is 32.2. The van der Waals surface area contributed by atoms with Crippen LogP contribution in [0.15, 0.2) is 72.8 Å². The molecular weight excluding hydrogens is 412 g/mol. The van der Waals surface area contributed by atoms with Crippen molar-refractivity contribution < 1.29 is 18.8 Å². The van der Waals surface area contributed by atoms with Gasteiger partial charge in [0, 0.05) is 28.7 Å². The standard InChI is InChI=1S/C24H22N2O4S/c1-2-31(29)16-23-25-20-8-4-5-9-21(20)26(23)15-17-11-13-18(14-12-17)19-7-3-6-10-22(19)30-24(27)28/h3-14H,2,15-16H2,1H3,(H,27,28). The summed E-state index contributed by atoms with van der Waals surface area (Å²) in [6, 6.07) is 22.9. The molecule has 1 heterocycles. The highest BCUT2D eigenvalue weighted by Gasteiger charge is 2.14. The summed E-state index contributed by atoms with van der Waals surface area (Å²) in [5, 5.41) is 8.97. The predicted molar refractivity (Wildman–Crippen MR) is 122 cm³/mol. The van der Waals surface area contributed by atoms with Gasteiger partial charge in [-0.1, -0.05) is 61.5 Å². The van der Waals surface area contributed by atoms with E-state index in [2.05, 4.69) is 4.57 Å². The van der Waals surface area contributed by atoms with Crippen LogP contribution in [0.4, 0.5) is 4.79 Å². The first-order valence-corrected chi connectivity index (χ1v) is 11.4. The van der Waals surface area contributed by atoms with Gasteiger partial charge in [-0.05, 0) is 29.3 Å². The molecule has 31 heavy (non-hydrogen) atoms. The molecule has 0 aliphatic carbocycles. The second kappa shape index (κ2) is 9.14. The van der Waals surface area contributed by atoms with E-state index in [9.17, 15) is 9.00 Å².